The average molecular weight is 956 g/mol. The third-order valence-corrected chi connectivity index (χ3v) is 11.0. The molecule has 10 nitrogen and oxygen atoms in total. The molecule has 0 aromatic rings. The summed E-state index contributed by atoms with van der Waals surface area (Å²) in [5, 5.41) is 4.33. The zero-order valence-electron chi connectivity index (χ0n) is 34.9. The van der Waals surface area contributed by atoms with Crippen LogP contribution in [0.3, 0.4) is 0 Å². The number of carbonyl (C=O) groups is 4. The fraction of sp³-hybridized carbons (Fsp3) is 0.700. The van der Waals surface area contributed by atoms with Crippen molar-refractivity contribution >= 4 is 59.1 Å². The first-order chi connectivity index (χ1) is 27.0. The van der Waals surface area contributed by atoms with E-state index in [2.05, 4.69) is 25.8 Å². The molecule has 0 aromatic heterocycles. The first-order valence-electron chi connectivity index (χ1n) is 19.7. The van der Waals surface area contributed by atoms with E-state index in [-0.39, 0.29) is 47.0 Å². The minimum atomic E-state index is -4.08. The van der Waals surface area contributed by atoms with E-state index < -0.39 is 51.0 Å². The second-order valence-corrected chi connectivity index (χ2v) is 19.3. The van der Waals surface area contributed by atoms with Gasteiger partial charge >= 0.3 is 12.4 Å². The third kappa shape index (κ3) is 25.7. The Hall–Kier alpha value is -2.64. The lowest BCUT2D eigenvalue weighted by atomic mass is 9.86. The topological polar surface area (TPSA) is 175 Å². The molecule has 0 saturated heterocycles. The number of Topliss-reactive ketones (excluding diaryl/α,β-unsaturated/α-hetero) is 4. The summed E-state index contributed by atoms with van der Waals surface area (Å²) >= 11 is 3.26. The Balaban J connectivity index is 0.00000103. The zero-order chi connectivity index (χ0) is 45.8. The molecule has 2 rings (SSSR count). The van der Waals surface area contributed by atoms with Crippen LogP contribution in [0.2, 0.25) is 0 Å². The van der Waals surface area contributed by atoms with Crippen LogP contribution in [-0.2, 0) is 39.2 Å². The van der Waals surface area contributed by atoms with Crippen LogP contribution in [0, 0.1) is 0 Å². The number of nitrogens with two attached hydrogens (primary N) is 1. The molecule has 0 saturated carbocycles. The molecule has 2 aliphatic rings. The summed E-state index contributed by atoms with van der Waals surface area (Å²) in [7, 11) is -6.85. The number of hydrogen-bond acceptors (Lipinski definition) is 8. The average Bonchev–Trinajstić information content (AvgIpc) is 3.10. The number of hydrogen-bond donors (Lipinski definition) is 2. The van der Waals surface area contributed by atoms with Crippen molar-refractivity contribution < 1.29 is 62.4 Å². The van der Waals surface area contributed by atoms with E-state index in [1.165, 1.54) is 6.92 Å². The van der Waals surface area contributed by atoms with Crippen molar-refractivity contribution in [3.8, 4) is 0 Å². The summed E-state index contributed by atoms with van der Waals surface area (Å²) in [5.41, 5.74) is 2.24. The largest absolute Gasteiger partial charge is 0.389 e. The van der Waals surface area contributed by atoms with Crippen LogP contribution in [0.5, 0.6) is 0 Å². The quantitative estimate of drug-likeness (QED) is 0.0613. The van der Waals surface area contributed by atoms with Crippen molar-refractivity contribution in [2.75, 3.05) is 12.5 Å². The lowest BCUT2D eigenvalue weighted by molar-refractivity contribution is -0.136. The molecule has 3 N–H and O–H groups in total. The second kappa shape index (κ2) is 26.6. The number of primary sulfonamides is 1. The van der Waals surface area contributed by atoms with Gasteiger partial charge in [0.05, 0.1) is 17.0 Å². The molecule has 19 heteroatoms. The van der Waals surface area contributed by atoms with Gasteiger partial charge in [0.15, 0.2) is 17.3 Å². The number of sulfonamides is 2. The predicted molar refractivity (Wildman–Crippen MR) is 221 cm³/mol. The Morgan fingerprint density at radius 2 is 0.763 bits per heavy atom. The number of unbranched alkanes of at least 4 members (excludes halogenated alkanes) is 14. The number of halogens is 7. The van der Waals surface area contributed by atoms with Crippen molar-refractivity contribution in [2.45, 2.75) is 168 Å². The normalized spacial score (nSPS) is 15.8. The molecule has 0 amide bonds. The molecular formula is C40H61BrF6N2O8S2. The van der Waals surface area contributed by atoms with Crippen LogP contribution in [0.1, 0.15) is 156 Å². The molecule has 0 aliphatic heterocycles. The number of rotatable bonds is 22. The summed E-state index contributed by atoms with van der Waals surface area (Å²) in [5.74, 6) is -0.932. The Labute approximate surface area is 354 Å². The molecule has 0 atom stereocenters. The minimum absolute atomic E-state index is 0.0476. The van der Waals surface area contributed by atoms with Crippen LogP contribution < -0.4 is 9.86 Å². The molecule has 2 aliphatic carbocycles. The minimum Gasteiger partial charge on any atom is -0.289 e. The fourth-order valence-electron chi connectivity index (χ4n) is 6.10. The molecule has 0 radical (unpaired) electrons. The second-order valence-electron chi connectivity index (χ2n) is 15.1. The van der Waals surface area contributed by atoms with Crippen molar-refractivity contribution in [1.82, 2.24) is 4.72 Å². The molecule has 0 bridgehead atoms. The maximum absolute atomic E-state index is 12.5. The van der Waals surface area contributed by atoms with Gasteiger partial charge in [-0.05, 0) is 82.1 Å². The SMILES string of the molecule is CC1=C(C)C(=O)C(CCCCCCCCCCC(F)(F)F)=C(Br)C1=O.CC1=C(C)C(=O)C(NS(C)(=O)=O)=C(CCCCCCCCCCC(F)(F)F)C1=O.CS(N)(=O)=O. The lowest BCUT2D eigenvalue weighted by Gasteiger charge is -2.21. The van der Waals surface area contributed by atoms with E-state index >= 15 is 0 Å². The van der Waals surface area contributed by atoms with Crippen LogP contribution in [0.4, 0.5) is 26.3 Å². The fourth-order valence-corrected chi connectivity index (χ4v) is 7.37. The van der Waals surface area contributed by atoms with Gasteiger partial charge in [-0.2, -0.15) is 26.3 Å². The smallest absolute Gasteiger partial charge is 0.289 e. The van der Waals surface area contributed by atoms with Crippen LogP contribution >= 0.6 is 15.9 Å². The Bertz CT molecular complexity index is 1810. The predicted octanol–water partition coefficient (Wildman–Crippen LogP) is 10.2. The van der Waals surface area contributed by atoms with E-state index in [1.807, 2.05) is 0 Å². The van der Waals surface area contributed by atoms with E-state index in [4.69, 9.17) is 0 Å². The highest BCUT2D eigenvalue weighted by molar-refractivity contribution is 9.12. The van der Waals surface area contributed by atoms with Gasteiger partial charge in [-0.3, -0.25) is 23.9 Å². The van der Waals surface area contributed by atoms with Gasteiger partial charge < -0.3 is 0 Å². The Kier molecular flexibility index (Phi) is 25.4. The first-order valence-corrected chi connectivity index (χ1v) is 24.4. The number of carbonyl (C=O) groups excluding carboxylic acids is 4. The van der Waals surface area contributed by atoms with Crippen LogP contribution in [-0.4, -0.2) is 64.8 Å². The molecule has 0 aromatic carbocycles. The van der Waals surface area contributed by atoms with E-state index in [0.29, 0.717) is 58.9 Å². The monoisotopic (exact) mass is 954 g/mol. The van der Waals surface area contributed by atoms with Crippen molar-refractivity contribution in [3.63, 3.8) is 0 Å². The van der Waals surface area contributed by atoms with Gasteiger partial charge in [-0.25, -0.2) is 22.0 Å². The van der Waals surface area contributed by atoms with Gasteiger partial charge in [0.2, 0.25) is 25.8 Å². The summed E-state index contributed by atoms with van der Waals surface area (Å²) in [6.45, 7) is 6.42. The van der Waals surface area contributed by atoms with Crippen molar-refractivity contribution in [2.24, 2.45) is 5.14 Å². The Morgan fingerprint density at radius 1 is 0.492 bits per heavy atom. The van der Waals surface area contributed by atoms with Gasteiger partial charge in [0, 0.05) is 46.3 Å². The maximum atomic E-state index is 12.5. The summed E-state index contributed by atoms with van der Waals surface area (Å²) in [4.78, 5) is 49.2. The van der Waals surface area contributed by atoms with E-state index in [1.54, 1.807) is 20.8 Å². The third-order valence-electron chi connectivity index (χ3n) is 9.59. The Morgan fingerprint density at radius 3 is 1.10 bits per heavy atom. The van der Waals surface area contributed by atoms with Crippen molar-refractivity contribution in [3.05, 3.63) is 43.6 Å². The van der Waals surface area contributed by atoms with Gasteiger partial charge in [-0.1, -0.05) is 77.0 Å². The lowest BCUT2D eigenvalue weighted by Crippen LogP contribution is -2.33. The van der Waals surface area contributed by atoms with E-state index in [9.17, 15) is 62.4 Å². The summed E-state index contributed by atoms with van der Waals surface area (Å²) < 4.78 is 117. The first kappa shape index (κ1) is 56.4. The molecular weight excluding hydrogens is 894 g/mol. The molecule has 0 fully saturated rings. The molecule has 340 valence electrons. The molecule has 0 heterocycles. The van der Waals surface area contributed by atoms with Crippen LogP contribution in [0.25, 0.3) is 0 Å². The molecule has 59 heavy (non-hydrogen) atoms. The highest BCUT2D eigenvalue weighted by Gasteiger charge is 2.32. The zero-order valence-corrected chi connectivity index (χ0v) is 38.2. The van der Waals surface area contributed by atoms with Gasteiger partial charge in [-0.15, -0.1) is 0 Å². The highest BCUT2D eigenvalue weighted by Crippen LogP contribution is 2.32. The number of nitrogens with one attached hydrogen (secondary N) is 1. The molecule has 0 unspecified atom stereocenters. The van der Waals surface area contributed by atoms with Gasteiger partial charge in [0.1, 0.15) is 5.70 Å². The number of ketones is 4. The number of alkyl halides is 6. The van der Waals surface area contributed by atoms with Crippen molar-refractivity contribution in [1.29, 1.82) is 0 Å². The standard InChI is InChI=1S/C20H30F3NO4S.C19H26BrF3O2.CH5NO2S/c1-14-15(2)19(26)17(24-29(3,27)28)16(18(14)25)12-10-8-6-4-5-7-9-11-13-20(21,22)23;1-13-14(2)18(25)16(20)15(17(13)24)11-9-7-5-3-4-6-8-10-12-19(21,22)23;1-5(2,3)4/h24H,4-13H2,1-3H3;3-12H2,1-2H3;1H3,(H2,2,3,4). The van der Waals surface area contributed by atoms with E-state index in [0.717, 1.165) is 83.1 Å². The highest BCUT2D eigenvalue weighted by atomic mass is 79.9. The summed E-state index contributed by atoms with van der Waals surface area (Å²) in [6.07, 6.45) is 5.19. The summed E-state index contributed by atoms with van der Waals surface area (Å²) in [6, 6.07) is 0. The number of allylic oxidation sites excluding steroid dienone is 7. The van der Waals surface area contributed by atoms with Crippen LogP contribution in [0.15, 0.2) is 43.6 Å². The maximum Gasteiger partial charge on any atom is 0.389 e. The van der Waals surface area contributed by atoms with Gasteiger partial charge in [0.25, 0.3) is 0 Å². The molecule has 0 spiro atoms.